The number of benzene rings is 1. The standard InChI is InChI=1S/C10H12F3NO2/c1-7-2-3-8(14)4-9(7)16-6-15-5-10(11,12)13/h2-4H,5-6,14H2,1H3. The first-order valence-corrected chi connectivity index (χ1v) is 4.52. The molecule has 0 atom stereocenters. The maximum Gasteiger partial charge on any atom is 0.411 e. The van der Waals surface area contributed by atoms with Crippen LogP contribution >= 0.6 is 0 Å². The summed E-state index contributed by atoms with van der Waals surface area (Å²) in [7, 11) is 0. The molecule has 0 bridgehead atoms. The summed E-state index contributed by atoms with van der Waals surface area (Å²) >= 11 is 0. The van der Waals surface area contributed by atoms with E-state index in [0.29, 0.717) is 11.4 Å². The van der Waals surface area contributed by atoms with Gasteiger partial charge in [-0.2, -0.15) is 13.2 Å². The van der Waals surface area contributed by atoms with E-state index in [1.54, 1.807) is 19.1 Å². The molecule has 0 aromatic heterocycles. The zero-order chi connectivity index (χ0) is 12.2. The molecule has 0 fully saturated rings. The normalized spacial score (nSPS) is 11.5. The number of rotatable bonds is 4. The molecular formula is C10H12F3NO2. The third kappa shape index (κ3) is 4.39. The minimum absolute atomic E-state index is 0.419. The van der Waals surface area contributed by atoms with Crippen LogP contribution in [0.25, 0.3) is 0 Å². The summed E-state index contributed by atoms with van der Waals surface area (Å²) in [6.45, 7) is -0.0172. The van der Waals surface area contributed by atoms with E-state index >= 15 is 0 Å². The Kier molecular flexibility index (Phi) is 4.00. The topological polar surface area (TPSA) is 44.5 Å². The van der Waals surface area contributed by atoms with E-state index < -0.39 is 19.6 Å². The molecular weight excluding hydrogens is 223 g/mol. The van der Waals surface area contributed by atoms with Gasteiger partial charge < -0.3 is 15.2 Å². The number of hydrogen-bond acceptors (Lipinski definition) is 3. The Hall–Kier alpha value is -1.43. The highest BCUT2D eigenvalue weighted by Gasteiger charge is 2.27. The lowest BCUT2D eigenvalue weighted by atomic mass is 10.2. The molecule has 6 heteroatoms. The van der Waals surface area contributed by atoms with Crippen LogP contribution in [-0.2, 0) is 4.74 Å². The van der Waals surface area contributed by atoms with Crippen molar-refractivity contribution in [3.05, 3.63) is 23.8 Å². The molecule has 0 unspecified atom stereocenters. The van der Waals surface area contributed by atoms with Crippen molar-refractivity contribution < 1.29 is 22.6 Å². The molecule has 1 aromatic rings. The third-order valence-electron chi connectivity index (χ3n) is 1.78. The first kappa shape index (κ1) is 12.6. The second-order valence-electron chi connectivity index (χ2n) is 3.25. The summed E-state index contributed by atoms with van der Waals surface area (Å²) in [6.07, 6.45) is -4.34. The molecule has 90 valence electrons. The molecule has 0 aliphatic rings. The highest BCUT2D eigenvalue weighted by molar-refractivity contribution is 5.47. The van der Waals surface area contributed by atoms with Crippen LogP contribution in [0.1, 0.15) is 5.56 Å². The minimum atomic E-state index is -4.34. The monoisotopic (exact) mass is 235 g/mol. The molecule has 0 aliphatic heterocycles. The summed E-state index contributed by atoms with van der Waals surface area (Å²) in [5, 5.41) is 0. The summed E-state index contributed by atoms with van der Waals surface area (Å²) in [6, 6.07) is 4.93. The van der Waals surface area contributed by atoms with Crippen LogP contribution in [0.2, 0.25) is 0 Å². The molecule has 0 radical (unpaired) electrons. The number of aryl methyl sites for hydroxylation is 1. The van der Waals surface area contributed by atoms with Gasteiger partial charge in [-0.15, -0.1) is 0 Å². The molecule has 0 amide bonds. The summed E-state index contributed by atoms with van der Waals surface area (Å²) < 4.78 is 44.5. The van der Waals surface area contributed by atoms with Gasteiger partial charge in [0.25, 0.3) is 0 Å². The quantitative estimate of drug-likeness (QED) is 0.495. The van der Waals surface area contributed by atoms with E-state index in [4.69, 9.17) is 10.5 Å². The van der Waals surface area contributed by atoms with Crippen molar-refractivity contribution in [2.45, 2.75) is 13.1 Å². The molecule has 2 N–H and O–H groups in total. The Labute approximate surface area is 91.0 Å². The molecule has 0 aliphatic carbocycles. The summed E-state index contributed by atoms with van der Waals surface area (Å²) in [5.74, 6) is 0.419. The fourth-order valence-corrected chi connectivity index (χ4v) is 1.03. The van der Waals surface area contributed by atoms with Crippen LogP contribution < -0.4 is 10.5 Å². The zero-order valence-corrected chi connectivity index (χ0v) is 8.67. The number of halogens is 3. The Balaban J connectivity index is 2.40. The van der Waals surface area contributed by atoms with Gasteiger partial charge in [-0.25, -0.2) is 0 Å². The van der Waals surface area contributed by atoms with Crippen molar-refractivity contribution in [1.29, 1.82) is 0 Å². The van der Waals surface area contributed by atoms with Crippen molar-refractivity contribution in [2.75, 3.05) is 19.1 Å². The van der Waals surface area contributed by atoms with Crippen LogP contribution in [0.5, 0.6) is 5.75 Å². The fraction of sp³-hybridized carbons (Fsp3) is 0.400. The van der Waals surface area contributed by atoms with Gasteiger partial charge in [0.1, 0.15) is 12.4 Å². The first-order chi connectivity index (χ1) is 7.38. The van der Waals surface area contributed by atoms with E-state index in [2.05, 4.69) is 4.74 Å². The molecule has 1 rings (SSSR count). The van der Waals surface area contributed by atoms with Gasteiger partial charge in [0.15, 0.2) is 6.79 Å². The number of alkyl halides is 3. The van der Waals surface area contributed by atoms with Crippen molar-refractivity contribution in [3.63, 3.8) is 0 Å². The van der Waals surface area contributed by atoms with Gasteiger partial charge in [-0.1, -0.05) is 6.07 Å². The van der Waals surface area contributed by atoms with Crippen molar-refractivity contribution in [3.8, 4) is 5.75 Å². The Morgan fingerprint density at radius 3 is 2.62 bits per heavy atom. The first-order valence-electron chi connectivity index (χ1n) is 4.52. The number of nitrogen functional groups attached to an aromatic ring is 1. The lowest BCUT2D eigenvalue weighted by Gasteiger charge is -2.11. The van der Waals surface area contributed by atoms with Gasteiger partial charge in [-0.3, -0.25) is 0 Å². The Morgan fingerprint density at radius 2 is 2.00 bits per heavy atom. The largest absolute Gasteiger partial charge is 0.467 e. The van der Waals surface area contributed by atoms with Crippen LogP contribution in [0.15, 0.2) is 18.2 Å². The maximum absolute atomic E-state index is 11.7. The van der Waals surface area contributed by atoms with E-state index in [-0.39, 0.29) is 0 Å². The summed E-state index contributed by atoms with van der Waals surface area (Å²) in [5.41, 5.74) is 6.77. The molecule has 16 heavy (non-hydrogen) atoms. The number of anilines is 1. The number of nitrogens with two attached hydrogens (primary N) is 1. The van der Waals surface area contributed by atoms with Crippen LogP contribution in [0.4, 0.5) is 18.9 Å². The highest BCUT2D eigenvalue weighted by atomic mass is 19.4. The number of hydrogen-bond donors (Lipinski definition) is 1. The van der Waals surface area contributed by atoms with E-state index in [9.17, 15) is 13.2 Å². The molecule has 0 saturated carbocycles. The molecule has 1 aromatic carbocycles. The predicted molar refractivity (Wildman–Crippen MR) is 53.1 cm³/mol. The Bertz CT molecular complexity index is 352. The predicted octanol–water partition coefficient (Wildman–Crippen LogP) is 2.49. The van der Waals surface area contributed by atoms with Gasteiger partial charge in [0.05, 0.1) is 0 Å². The zero-order valence-electron chi connectivity index (χ0n) is 8.67. The molecule has 3 nitrogen and oxygen atoms in total. The van der Waals surface area contributed by atoms with Gasteiger partial charge in [0.2, 0.25) is 0 Å². The van der Waals surface area contributed by atoms with E-state index in [0.717, 1.165) is 5.56 Å². The molecule has 0 spiro atoms. The van der Waals surface area contributed by atoms with Gasteiger partial charge in [0, 0.05) is 11.8 Å². The third-order valence-corrected chi connectivity index (χ3v) is 1.78. The van der Waals surface area contributed by atoms with E-state index in [1.807, 2.05) is 0 Å². The molecule has 0 heterocycles. The fourth-order valence-electron chi connectivity index (χ4n) is 1.03. The lowest BCUT2D eigenvalue weighted by molar-refractivity contribution is -0.186. The average molecular weight is 235 g/mol. The van der Waals surface area contributed by atoms with Crippen molar-refractivity contribution in [2.24, 2.45) is 0 Å². The van der Waals surface area contributed by atoms with Crippen LogP contribution in [0, 0.1) is 6.92 Å². The smallest absolute Gasteiger partial charge is 0.411 e. The second-order valence-corrected chi connectivity index (χ2v) is 3.25. The highest BCUT2D eigenvalue weighted by Crippen LogP contribution is 2.21. The Morgan fingerprint density at radius 1 is 1.31 bits per heavy atom. The van der Waals surface area contributed by atoms with Crippen LogP contribution in [-0.4, -0.2) is 19.6 Å². The van der Waals surface area contributed by atoms with Crippen molar-refractivity contribution in [1.82, 2.24) is 0 Å². The van der Waals surface area contributed by atoms with Gasteiger partial charge >= 0.3 is 6.18 Å². The average Bonchev–Trinajstić information content (AvgIpc) is 2.16. The minimum Gasteiger partial charge on any atom is -0.467 e. The maximum atomic E-state index is 11.7. The van der Waals surface area contributed by atoms with Crippen molar-refractivity contribution >= 4 is 5.69 Å². The van der Waals surface area contributed by atoms with Crippen LogP contribution in [0.3, 0.4) is 0 Å². The van der Waals surface area contributed by atoms with E-state index in [1.165, 1.54) is 6.07 Å². The summed E-state index contributed by atoms with van der Waals surface area (Å²) in [4.78, 5) is 0. The second kappa shape index (κ2) is 5.07. The van der Waals surface area contributed by atoms with Gasteiger partial charge in [-0.05, 0) is 18.6 Å². The SMILES string of the molecule is Cc1ccc(N)cc1OCOCC(F)(F)F. The molecule has 0 saturated heterocycles. The lowest BCUT2D eigenvalue weighted by Crippen LogP contribution is -2.19. The number of ether oxygens (including phenoxy) is 2.